The Morgan fingerprint density at radius 1 is 1.50 bits per heavy atom. The number of ether oxygens (including phenoxy) is 1. The first-order valence-electron chi connectivity index (χ1n) is 6.20. The molecule has 0 amide bonds. The fourth-order valence-electron chi connectivity index (χ4n) is 2.21. The second-order valence-electron chi connectivity index (χ2n) is 4.42. The average Bonchev–Trinajstić information content (AvgIpc) is 2.41. The number of anilines is 1. The highest BCUT2D eigenvalue weighted by atomic mass is 32.1. The van der Waals surface area contributed by atoms with E-state index < -0.39 is 0 Å². The van der Waals surface area contributed by atoms with Gasteiger partial charge in [0, 0.05) is 32.0 Å². The van der Waals surface area contributed by atoms with Crippen LogP contribution < -0.4 is 10.5 Å². The van der Waals surface area contributed by atoms with Crippen molar-refractivity contribution in [2.75, 3.05) is 30.9 Å². The van der Waals surface area contributed by atoms with Crippen LogP contribution in [0.1, 0.15) is 12.8 Å². The molecule has 1 aliphatic heterocycles. The lowest BCUT2D eigenvalue weighted by atomic mass is 10.1. The number of aryl methyl sites for hydroxylation is 1. The van der Waals surface area contributed by atoms with Crippen LogP contribution in [0.15, 0.2) is 17.1 Å². The van der Waals surface area contributed by atoms with E-state index >= 15 is 0 Å². The lowest BCUT2D eigenvalue weighted by Crippen LogP contribution is -2.37. The zero-order valence-electron chi connectivity index (χ0n) is 10.6. The maximum absolute atomic E-state index is 11.8. The van der Waals surface area contributed by atoms with Crippen LogP contribution in [0.25, 0.3) is 0 Å². The van der Waals surface area contributed by atoms with Gasteiger partial charge in [-0.25, -0.2) is 4.68 Å². The molecule has 0 aromatic carbocycles. The molecule has 2 heterocycles. The molecule has 100 valence electrons. The first kappa shape index (κ1) is 13.4. The molecule has 1 fully saturated rings. The van der Waals surface area contributed by atoms with Crippen molar-refractivity contribution in [1.82, 2.24) is 9.78 Å². The van der Waals surface area contributed by atoms with E-state index in [9.17, 15) is 4.79 Å². The van der Waals surface area contributed by atoms with E-state index in [1.165, 1.54) is 4.68 Å². The van der Waals surface area contributed by atoms with Gasteiger partial charge >= 0.3 is 0 Å². The normalized spacial score (nSPS) is 17.1. The molecule has 0 N–H and O–H groups in total. The van der Waals surface area contributed by atoms with E-state index in [0.29, 0.717) is 18.4 Å². The van der Waals surface area contributed by atoms with Crippen molar-refractivity contribution in [2.24, 2.45) is 0 Å². The molecule has 18 heavy (non-hydrogen) atoms. The summed E-state index contributed by atoms with van der Waals surface area (Å²) in [7, 11) is 1.75. The molecule has 2 rings (SSSR count). The molecule has 1 aliphatic rings. The molecular weight excluding hydrogens is 250 g/mol. The quantitative estimate of drug-likeness (QED) is 0.821. The first-order chi connectivity index (χ1) is 8.74. The summed E-state index contributed by atoms with van der Waals surface area (Å²) in [6.45, 7) is 2.38. The van der Waals surface area contributed by atoms with E-state index in [1.54, 1.807) is 19.4 Å². The molecule has 0 bridgehead atoms. The van der Waals surface area contributed by atoms with Crippen LogP contribution >= 0.6 is 12.6 Å². The number of hydrogen-bond donors (Lipinski definition) is 1. The highest BCUT2D eigenvalue weighted by Gasteiger charge is 2.19. The number of aromatic nitrogens is 2. The summed E-state index contributed by atoms with van der Waals surface area (Å²) in [6.07, 6.45) is 4.10. The van der Waals surface area contributed by atoms with Gasteiger partial charge in [-0.1, -0.05) is 0 Å². The lowest BCUT2D eigenvalue weighted by Gasteiger charge is -2.32. The van der Waals surface area contributed by atoms with Crippen LogP contribution in [0.3, 0.4) is 0 Å². The Balaban J connectivity index is 2.06. The molecule has 5 nitrogen and oxygen atoms in total. The van der Waals surface area contributed by atoms with Crippen LogP contribution in [0.2, 0.25) is 0 Å². The molecule has 1 saturated heterocycles. The standard InChI is InChI=1S/C12H19N3O2S/c1-17-11-2-4-14(5-3-11)10-8-12(16)15(6-7-18)13-9-10/h8-9,11,18H,2-7H2,1H3. The summed E-state index contributed by atoms with van der Waals surface area (Å²) < 4.78 is 6.78. The number of thiol groups is 1. The number of rotatable bonds is 4. The molecule has 0 atom stereocenters. The molecule has 0 spiro atoms. The minimum atomic E-state index is -0.0598. The number of methoxy groups -OCH3 is 1. The van der Waals surface area contributed by atoms with Crippen molar-refractivity contribution in [3.8, 4) is 0 Å². The predicted molar refractivity (Wildman–Crippen MR) is 74.6 cm³/mol. The first-order valence-corrected chi connectivity index (χ1v) is 6.83. The molecule has 1 aromatic heterocycles. The van der Waals surface area contributed by atoms with Crippen LogP contribution in [-0.4, -0.2) is 41.8 Å². The van der Waals surface area contributed by atoms with Gasteiger partial charge in [-0.2, -0.15) is 17.7 Å². The maximum atomic E-state index is 11.8. The average molecular weight is 269 g/mol. The van der Waals surface area contributed by atoms with Crippen molar-refractivity contribution in [3.63, 3.8) is 0 Å². The zero-order chi connectivity index (χ0) is 13.0. The van der Waals surface area contributed by atoms with Crippen molar-refractivity contribution in [3.05, 3.63) is 22.6 Å². The molecule has 0 aliphatic carbocycles. The van der Waals surface area contributed by atoms with Gasteiger partial charge in [0.2, 0.25) is 0 Å². The third-order valence-electron chi connectivity index (χ3n) is 3.31. The fourth-order valence-corrected chi connectivity index (χ4v) is 2.40. The maximum Gasteiger partial charge on any atom is 0.268 e. The van der Waals surface area contributed by atoms with E-state index in [0.717, 1.165) is 31.6 Å². The summed E-state index contributed by atoms with van der Waals surface area (Å²) in [6, 6.07) is 1.66. The lowest BCUT2D eigenvalue weighted by molar-refractivity contribution is 0.0819. The Bertz CT molecular complexity index is 441. The Morgan fingerprint density at radius 2 is 2.22 bits per heavy atom. The Kier molecular flexibility index (Phi) is 4.66. The van der Waals surface area contributed by atoms with Crippen LogP contribution in [0.5, 0.6) is 0 Å². The van der Waals surface area contributed by atoms with Crippen molar-refractivity contribution in [2.45, 2.75) is 25.5 Å². The Labute approximate surface area is 112 Å². The zero-order valence-corrected chi connectivity index (χ0v) is 11.5. The summed E-state index contributed by atoms with van der Waals surface area (Å²) in [5.74, 6) is 0.617. The summed E-state index contributed by atoms with van der Waals surface area (Å²) in [5.41, 5.74) is 0.848. The summed E-state index contributed by atoms with van der Waals surface area (Å²) >= 11 is 4.10. The minimum absolute atomic E-state index is 0.0598. The van der Waals surface area contributed by atoms with Crippen LogP contribution in [0.4, 0.5) is 5.69 Å². The monoisotopic (exact) mass is 269 g/mol. The summed E-state index contributed by atoms with van der Waals surface area (Å²) in [5, 5.41) is 4.16. The van der Waals surface area contributed by atoms with Crippen molar-refractivity contribution < 1.29 is 4.74 Å². The van der Waals surface area contributed by atoms with Gasteiger partial charge < -0.3 is 9.64 Å². The summed E-state index contributed by atoms with van der Waals surface area (Å²) in [4.78, 5) is 14.0. The highest BCUT2D eigenvalue weighted by molar-refractivity contribution is 7.80. The molecule has 6 heteroatoms. The van der Waals surface area contributed by atoms with Crippen molar-refractivity contribution >= 4 is 18.3 Å². The van der Waals surface area contributed by atoms with E-state index in [2.05, 4.69) is 22.6 Å². The van der Waals surface area contributed by atoms with E-state index in [-0.39, 0.29) is 5.56 Å². The van der Waals surface area contributed by atoms with Gasteiger partial charge in [-0.05, 0) is 12.8 Å². The SMILES string of the molecule is COC1CCN(c2cnn(CCS)c(=O)c2)CC1. The van der Waals surface area contributed by atoms with Gasteiger partial charge in [0.25, 0.3) is 5.56 Å². The van der Waals surface area contributed by atoms with Gasteiger partial charge in [0.05, 0.1) is 24.5 Å². The molecule has 0 unspecified atom stereocenters. The van der Waals surface area contributed by atoms with Gasteiger partial charge in [0.1, 0.15) is 0 Å². The molecule has 1 aromatic rings. The second kappa shape index (κ2) is 6.24. The van der Waals surface area contributed by atoms with Crippen LogP contribution in [-0.2, 0) is 11.3 Å². The van der Waals surface area contributed by atoms with E-state index in [4.69, 9.17) is 4.74 Å². The van der Waals surface area contributed by atoms with Crippen molar-refractivity contribution in [1.29, 1.82) is 0 Å². The smallest absolute Gasteiger partial charge is 0.268 e. The second-order valence-corrected chi connectivity index (χ2v) is 4.87. The minimum Gasteiger partial charge on any atom is -0.381 e. The molecule has 0 saturated carbocycles. The Hall–Kier alpha value is -1.01. The molecule has 0 radical (unpaired) electrons. The number of hydrogen-bond acceptors (Lipinski definition) is 5. The van der Waals surface area contributed by atoms with E-state index in [1.807, 2.05) is 0 Å². The number of nitrogens with zero attached hydrogens (tertiary/aromatic N) is 3. The van der Waals surface area contributed by atoms with Gasteiger partial charge in [0.15, 0.2) is 0 Å². The highest BCUT2D eigenvalue weighted by Crippen LogP contribution is 2.18. The predicted octanol–water partition coefficient (Wildman–Crippen LogP) is 0.788. The van der Waals surface area contributed by atoms with Gasteiger partial charge in [-0.15, -0.1) is 0 Å². The topological polar surface area (TPSA) is 47.4 Å². The largest absolute Gasteiger partial charge is 0.381 e. The fraction of sp³-hybridized carbons (Fsp3) is 0.667. The molecular formula is C12H19N3O2S. The van der Waals surface area contributed by atoms with Crippen LogP contribution in [0, 0.1) is 0 Å². The Morgan fingerprint density at radius 3 is 2.78 bits per heavy atom. The number of piperidine rings is 1. The third kappa shape index (κ3) is 3.05. The third-order valence-corrected chi connectivity index (χ3v) is 3.51. The van der Waals surface area contributed by atoms with Gasteiger partial charge in [-0.3, -0.25) is 4.79 Å².